The molecule has 0 bridgehead atoms. The summed E-state index contributed by atoms with van der Waals surface area (Å²) in [5.74, 6) is 0. The fourth-order valence-electron chi connectivity index (χ4n) is 4.43. The highest BCUT2D eigenvalue weighted by molar-refractivity contribution is 7.84. The van der Waals surface area contributed by atoms with Gasteiger partial charge in [0.25, 0.3) is 8.32 Å². The maximum atomic E-state index is 13.2. The molecule has 0 unspecified atom stereocenters. The quantitative estimate of drug-likeness (QED) is 0.406. The molecule has 0 saturated carbocycles. The number of hydrogen-bond donors (Lipinski definition) is 1. The molecule has 0 aliphatic rings. The summed E-state index contributed by atoms with van der Waals surface area (Å²) in [6.07, 6.45) is -0.222. The average Bonchev–Trinajstić information content (AvgIpc) is 2.81. The monoisotopic (exact) mass is 493 g/mol. The highest BCUT2D eigenvalue weighted by Crippen LogP contribution is 2.39. The Morgan fingerprint density at radius 3 is 1.53 bits per heavy atom. The number of rotatable bonds is 8. The van der Waals surface area contributed by atoms with Crippen molar-refractivity contribution in [1.29, 1.82) is 0 Å². The van der Waals surface area contributed by atoms with Crippen molar-refractivity contribution in [2.45, 2.75) is 70.4 Å². The Morgan fingerprint density at radius 1 is 0.735 bits per heavy atom. The smallest absolute Gasteiger partial charge is 0.261 e. The molecule has 3 aromatic carbocycles. The van der Waals surface area contributed by atoms with E-state index in [1.165, 1.54) is 10.4 Å². The normalized spacial score (nSPS) is 15.5. The molecule has 0 heterocycles. The molecule has 5 heteroatoms. The molecule has 3 atom stereocenters. The van der Waals surface area contributed by atoms with Crippen LogP contribution in [0.25, 0.3) is 0 Å². The van der Waals surface area contributed by atoms with Crippen LogP contribution in [0.3, 0.4) is 0 Å². The predicted octanol–water partition coefficient (Wildman–Crippen LogP) is 5.74. The van der Waals surface area contributed by atoms with Gasteiger partial charge in [-0.25, -0.2) is 8.93 Å². The Morgan fingerprint density at radius 2 is 1.15 bits per heavy atom. The van der Waals surface area contributed by atoms with Crippen LogP contribution < -0.4 is 15.1 Å². The van der Waals surface area contributed by atoms with Crippen LogP contribution in [0.4, 0.5) is 0 Å². The van der Waals surface area contributed by atoms with E-state index in [0.29, 0.717) is 0 Å². The second kappa shape index (κ2) is 10.7. The Kier molecular flexibility index (Phi) is 8.35. The van der Waals surface area contributed by atoms with Crippen molar-refractivity contribution in [1.82, 2.24) is 4.72 Å². The first-order valence-corrected chi connectivity index (χ1v) is 15.0. The van der Waals surface area contributed by atoms with E-state index in [1.807, 2.05) is 39.0 Å². The lowest BCUT2D eigenvalue weighted by Gasteiger charge is -2.46. The molecule has 3 rings (SSSR count). The molecule has 0 spiro atoms. The van der Waals surface area contributed by atoms with E-state index in [1.54, 1.807) is 0 Å². The van der Waals surface area contributed by atoms with Gasteiger partial charge >= 0.3 is 0 Å². The van der Waals surface area contributed by atoms with Crippen LogP contribution in [0.1, 0.15) is 60.1 Å². The fourth-order valence-corrected chi connectivity index (χ4v) is 10.0. The molecule has 0 aromatic heterocycles. The van der Waals surface area contributed by atoms with E-state index in [2.05, 4.69) is 105 Å². The standard InChI is InChI=1S/C29H39NO2SSi/c1-23(27(24-17-11-8-12-18-24)30-33(31)28(2,3)4)32-34(29(5,6)7,25-19-13-9-14-20-25)26-21-15-10-16-22-26/h8-23,27,30H,1-7H3/t23-,27-,33-/m0/s1. The van der Waals surface area contributed by atoms with Crippen molar-refractivity contribution in [3.8, 4) is 0 Å². The summed E-state index contributed by atoms with van der Waals surface area (Å²) < 4.78 is 23.6. The van der Waals surface area contributed by atoms with E-state index in [9.17, 15) is 4.21 Å². The summed E-state index contributed by atoms with van der Waals surface area (Å²) in [5, 5.41) is 2.35. The minimum absolute atomic E-state index is 0.131. The molecule has 3 nitrogen and oxygen atoms in total. The van der Waals surface area contributed by atoms with E-state index in [0.717, 1.165) is 5.56 Å². The van der Waals surface area contributed by atoms with Gasteiger partial charge in [-0.15, -0.1) is 0 Å². The maximum absolute atomic E-state index is 13.2. The molecule has 34 heavy (non-hydrogen) atoms. The van der Waals surface area contributed by atoms with Gasteiger partial charge in [0.2, 0.25) is 0 Å². The van der Waals surface area contributed by atoms with Gasteiger partial charge in [-0.1, -0.05) is 112 Å². The van der Waals surface area contributed by atoms with Crippen molar-refractivity contribution in [3.05, 3.63) is 96.6 Å². The zero-order chi connectivity index (χ0) is 25.0. The lowest BCUT2D eigenvalue weighted by atomic mass is 10.0. The van der Waals surface area contributed by atoms with Gasteiger partial charge in [-0.3, -0.25) is 0 Å². The van der Waals surface area contributed by atoms with Gasteiger partial charge in [0, 0.05) is 0 Å². The summed E-state index contributed by atoms with van der Waals surface area (Å²) in [5.41, 5.74) is 1.07. The van der Waals surface area contributed by atoms with Crippen molar-refractivity contribution in [2.24, 2.45) is 0 Å². The van der Waals surface area contributed by atoms with E-state index < -0.39 is 19.3 Å². The van der Waals surface area contributed by atoms with E-state index in [-0.39, 0.29) is 21.9 Å². The highest BCUT2D eigenvalue weighted by atomic mass is 32.2. The van der Waals surface area contributed by atoms with E-state index >= 15 is 0 Å². The third-order valence-corrected chi connectivity index (χ3v) is 12.9. The van der Waals surface area contributed by atoms with Crippen LogP contribution in [-0.2, 0) is 15.4 Å². The second-order valence-corrected chi connectivity index (χ2v) is 17.1. The lowest BCUT2D eigenvalue weighted by molar-refractivity contribution is 0.170. The summed E-state index contributed by atoms with van der Waals surface area (Å²) in [4.78, 5) is 0. The Balaban J connectivity index is 2.14. The molecule has 1 N–H and O–H groups in total. The second-order valence-electron chi connectivity index (χ2n) is 10.9. The first-order valence-electron chi connectivity index (χ1n) is 12.0. The fraction of sp³-hybridized carbons (Fsp3) is 0.379. The number of nitrogens with one attached hydrogen (secondary N) is 1. The summed E-state index contributed by atoms with van der Waals surface area (Å²) in [6, 6.07) is 31.3. The average molecular weight is 494 g/mol. The van der Waals surface area contributed by atoms with Crippen LogP contribution in [0.2, 0.25) is 5.04 Å². The van der Waals surface area contributed by atoms with Crippen molar-refractivity contribution in [2.75, 3.05) is 0 Å². The Labute approximate surface area is 209 Å². The minimum Gasteiger partial charge on any atom is -0.403 e. The first kappa shape index (κ1) is 26.5. The molecule has 0 aliphatic carbocycles. The SMILES string of the molecule is C[C@H](O[Si](c1ccccc1)(c1ccccc1)C(C)(C)C)[C@H](N[S@@](=O)C(C)(C)C)c1ccccc1. The maximum Gasteiger partial charge on any atom is 0.261 e. The van der Waals surface area contributed by atoms with Gasteiger partial charge in [-0.05, 0) is 48.7 Å². The molecule has 0 aliphatic heterocycles. The summed E-state index contributed by atoms with van der Waals surface area (Å²) in [6.45, 7) is 14.9. The first-order chi connectivity index (χ1) is 16.0. The number of benzene rings is 3. The van der Waals surface area contributed by atoms with Crippen molar-refractivity contribution >= 4 is 29.7 Å². The van der Waals surface area contributed by atoms with Gasteiger partial charge in [0.1, 0.15) is 0 Å². The van der Waals surface area contributed by atoms with E-state index in [4.69, 9.17) is 4.43 Å². The number of hydrogen-bond acceptors (Lipinski definition) is 2. The summed E-state index contributed by atoms with van der Waals surface area (Å²) in [7, 11) is -3.99. The van der Waals surface area contributed by atoms with Crippen LogP contribution in [-0.4, -0.2) is 23.4 Å². The predicted molar refractivity (Wildman–Crippen MR) is 148 cm³/mol. The third-order valence-electron chi connectivity index (χ3n) is 6.20. The molecule has 0 amide bonds. The summed E-state index contributed by atoms with van der Waals surface area (Å²) >= 11 is 0. The van der Waals surface area contributed by atoms with Gasteiger partial charge in [0.05, 0.1) is 27.9 Å². The third kappa shape index (κ3) is 5.77. The molecule has 0 saturated heterocycles. The Bertz CT molecular complexity index is 1020. The Hall–Kier alpha value is -2.05. The zero-order valence-electron chi connectivity index (χ0n) is 21.5. The molecule has 182 valence electrons. The van der Waals surface area contributed by atoms with Crippen LogP contribution in [0, 0.1) is 0 Å². The van der Waals surface area contributed by atoms with Crippen LogP contribution in [0.15, 0.2) is 91.0 Å². The van der Waals surface area contributed by atoms with Crippen molar-refractivity contribution in [3.63, 3.8) is 0 Å². The molecule has 0 fully saturated rings. The van der Waals surface area contributed by atoms with Crippen molar-refractivity contribution < 1.29 is 8.63 Å². The minimum atomic E-state index is -2.74. The van der Waals surface area contributed by atoms with Crippen LogP contribution in [0.5, 0.6) is 0 Å². The highest BCUT2D eigenvalue weighted by Gasteiger charge is 2.51. The zero-order valence-corrected chi connectivity index (χ0v) is 23.4. The topological polar surface area (TPSA) is 38.3 Å². The molecular weight excluding hydrogens is 454 g/mol. The van der Waals surface area contributed by atoms with Gasteiger partial charge in [0.15, 0.2) is 0 Å². The molecular formula is C29H39NO2SSi. The molecule has 0 radical (unpaired) electrons. The van der Waals surface area contributed by atoms with Gasteiger partial charge < -0.3 is 4.43 Å². The van der Waals surface area contributed by atoms with Gasteiger partial charge in [-0.2, -0.15) is 0 Å². The molecule has 3 aromatic rings. The van der Waals surface area contributed by atoms with Crippen LogP contribution >= 0.6 is 0 Å². The lowest BCUT2D eigenvalue weighted by Crippen LogP contribution is -2.68. The largest absolute Gasteiger partial charge is 0.403 e.